The summed E-state index contributed by atoms with van der Waals surface area (Å²) in [6.07, 6.45) is 1.76. The molecule has 1 aromatic carbocycles. The van der Waals surface area contributed by atoms with E-state index in [1.165, 1.54) is 0 Å². The highest BCUT2D eigenvalue weighted by atomic mass is 32.2. The molecule has 3 nitrogen and oxygen atoms in total. The maximum atomic E-state index is 12.2. The molecule has 0 saturated heterocycles. The van der Waals surface area contributed by atoms with E-state index in [0.29, 0.717) is 18.6 Å². The second-order valence-corrected chi connectivity index (χ2v) is 5.61. The molecule has 0 aromatic heterocycles. The number of methoxy groups -OCH3 is 1. The number of hydrogen-bond acceptors (Lipinski definition) is 3. The van der Waals surface area contributed by atoms with Crippen molar-refractivity contribution in [3.8, 4) is 5.75 Å². The minimum Gasteiger partial charge on any atom is -0.497 e. The Morgan fingerprint density at radius 3 is 2.88 bits per heavy atom. The number of hydrogen-bond donors (Lipinski definition) is 0. The van der Waals surface area contributed by atoms with Gasteiger partial charge in [0, 0.05) is 23.0 Å². The van der Waals surface area contributed by atoms with Crippen LogP contribution in [-0.4, -0.2) is 22.4 Å². The van der Waals surface area contributed by atoms with Crippen LogP contribution in [0.2, 0.25) is 0 Å². The summed E-state index contributed by atoms with van der Waals surface area (Å²) >= 11 is 0. The highest BCUT2D eigenvalue weighted by molar-refractivity contribution is 7.85. The first-order valence-corrected chi connectivity index (χ1v) is 6.48. The van der Waals surface area contributed by atoms with Crippen molar-refractivity contribution in [3.63, 3.8) is 0 Å². The molecule has 0 bridgehead atoms. The fourth-order valence-corrected chi connectivity index (χ4v) is 3.38. The van der Waals surface area contributed by atoms with Crippen molar-refractivity contribution in [2.75, 3.05) is 7.11 Å². The van der Waals surface area contributed by atoms with Gasteiger partial charge in [-0.15, -0.1) is 0 Å². The van der Waals surface area contributed by atoms with Gasteiger partial charge < -0.3 is 4.74 Å². The van der Waals surface area contributed by atoms with Gasteiger partial charge in [-0.25, -0.2) is 0 Å². The van der Waals surface area contributed by atoms with E-state index < -0.39 is 10.8 Å². The number of Topliss-reactive ketones (excluding diaryl/α,β-unsaturated/α-hetero) is 1. The average Bonchev–Trinajstić information content (AvgIpc) is 2.75. The molecule has 0 N–H and O–H groups in total. The van der Waals surface area contributed by atoms with Crippen LogP contribution in [0.25, 0.3) is 0 Å². The fourth-order valence-electron chi connectivity index (χ4n) is 1.88. The Hall–Kier alpha value is -1.16. The molecule has 1 aliphatic rings. The molecule has 4 heteroatoms. The van der Waals surface area contributed by atoms with Crippen LogP contribution in [0.1, 0.15) is 19.3 Å². The van der Waals surface area contributed by atoms with Gasteiger partial charge in [-0.3, -0.25) is 9.00 Å². The topological polar surface area (TPSA) is 43.4 Å². The molecule has 0 amide bonds. The summed E-state index contributed by atoms with van der Waals surface area (Å²) in [5, 5.41) is -0.0143. The van der Waals surface area contributed by atoms with Gasteiger partial charge in [0.05, 0.1) is 17.9 Å². The second-order valence-electron chi connectivity index (χ2n) is 3.88. The zero-order valence-electron chi connectivity index (χ0n) is 9.14. The van der Waals surface area contributed by atoms with Gasteiger partial charge in [0.15, 0.2) is 0 Å². The minimum absolute atomic E-state index is 0.0143. The van der Waals surface area contributed by atoms with Gasteiger partial charge in [-0.2, -0.15) is 0 Å². The molecule has 1 saturated carbocycles. The predicted molar refractivity (Wildman–Crippen MR) is 62.0 cm³/mol. The van der Waals surface area contributed by atoms with E-state index in [0.717, 1.165) is 11.3 Å². The third kappa shape index (κ3) is 2.32. The van der Waals surface area contributed by atoms with Crippen molar-refractivity contribution in [1.29, 1.82) is 0 Å². The molecule has 2 atom stereocenters. The van der Waals surface area contributed by atoms with Crippen LogP contribution in [0.3, 0.4) is 0 Å². The zero-order chi connectivity index (χ0) is 11.5. The molecular formula is C12H14O3S. The SMILES string of the molecule is COc1cccc(S(=O)C2CCC(=O)C2)c1. The van der Waals surface area contributed by atoms with E-state index in [4.69, 9.17) is 4.74 Å². The van der Waals surface area contributed by atoms with Crippen LogP contribution in [-0.2, 0) is 15.6 Å². The Balaban J connectivity index is 2.17. The van der Waals surface area contributed by atoms with Gasteiger partial charge in [0.2, 0.25) is 0 Å². The van der Waals surface area contributed by atoms with Gasteiger partial charge in [0.1, 0.15) is 11.5 Å². The maximum Gasteiger partial charge on any atom is 0.134 e. The van der Waals surface area contributed by atoms with E-state index in [2.05, 4.69) is 0 Å². The summed E-state index contributed by atoms with van der Waals surface area (Å²) in [4.78, 5) is 11.9. The smallest absolute Gasteiger partial charge is 0.134 e. The summed E-state index contributed by atoms with van der Waals surface area (Å²) in [7, 11) is 0.492. The Morgan fingerprint density at radius 1 is 1.44 bits per heavy atom. The number of benzene rings is 1. The average molecular weight is 238 g/mol. The molecule has 2 rings (SSSR count). The number of carbonyl (C=O) groups is 1. The zero-order valence-corrected chi connectivity index (χ0v) is 9.96. The Labute approximate surface area is 97.3 Å². The van der Waals surface area contributed by atoms with Crippen molar-refractivity contribution in [1.82, 2.24) is 0 Å². The van der Waals surface area contributed by atoms with Crippen molar-refractivity contribution < 1.29 is 13.7 Å². The van der Waals surface area contributed by atoms with Crippen LogP contribution in [0, 0.1) is 0 Å². The van der Waals surface area contributed by atoms with Gasteiger partial charge >= 0.3 is 0 Å². The lowest BCUT2D eigenvalue weighted by atomic mass is 10.3. The van der Waals surface area contributed by atoms with Crippen molar-refractivity contribution in [3.05, 3.63) is 24.3 Å². The van der Waals surface area contributed by atoms with Crippen LogP contribution in [0.15, 0.2) is 29.2 Å². The van der Waals surface area contributed by atoms with Gasteiger partial charge in [-0.1, -0.05) is 6.07 Å². The molecule has 0 heterocycles. The molecule has 1 fully saturated rings. The Bertz CT molecular complexity index is 428. The van der Waals surface area contributed by atoms with E-state index in [1.807, 2.05) is 18.2 Å². The third-order valence-corrected chi connectivity index (χ3v) is 4.50. The van der Waals surface area contributed by atoms with E-state index in [1.54, 1.807) is 13.2 Å². The molecule has 16 heavy (non-hydrogen) atoms. The molecule has 1 aromatic rings. The Kier molecular flexibility index (Phi) is 3.39. The van der Waals surface area contributed by atoms with Gasteiger partial charge in [-0.05, 0) is 24.6 Å². The molecule has 2 unspecified atom stereocenters. The summed E-state index contributed by atoms with van der Waals surface area (Å²) < 4.78 is 17.3. The standard InChI is InChI=1S/C12H14O3S/c1-15-10-3-2-4-11(8-10)16(14)12-6-5-9(13)7-12/h2-4,8,12H,5-7H2,1H3. The minimum atomic E-state index is -1.09. The van der Waals surface area contributed by atoms with E-state index in [9.17, 15) is 9.00 Å². The van der Waals surface area contributed by atoms with Crippen molar-refractivity contribution in [2.45, 2.75) is 29.4 Å². The van der Waals surface area contributed by atoms with Gasteiger partial charge in [0.25, 0.3) is 0 Å². The molecule has 1 aliphatic carbocycles. The first-order valence-electron chi connectivity index (χ1n) is 5.27. The first kappa shape index (κ1) is 11.3. The fraction of sp³-hybridized carbons (Fsp3) is 0.417. The Morgan fingerprint density at radius 2 is 2.25 bits per heavy atom. The largest absolute Gasteiger partial charge is 0.497 e. The highest BCUT2D eigenvalue weighted by Gasteiger charge is 2.28. The highest BCUT2D eigenvalue weighted by Crippen LogP contribution is 2.26. The summed E-state index contributed by atoms with van der Waals surface area (Å²) in [6.45, 7) is 0. The lowest BCUT2D eigenvalue weighted by molar-refractivity contribution is -0.117. The quantitative estimate of drug-likeness (QED) is 0.808. The maximum absolute atomic E-state index is 12.2. The monoisotopic (exact) mass is 238 g/mol. The predicted octanol–water partition coefficient (Wildman–Crippen LogP) is 1.92. The van der Waals surface area contributed by atoms with E-state index in [-0.39, 0.29) is 11.0 Å². The number of ether oxygens (including phenoxy) is 1. The second kappa shape index (κ2) is 4.78. The number of ketones is 1. The number of carbonyl (C=O) groups excluding carboxylic acids is 1. The summed E-state index contributed by atoms with van der Waals surface area (Å²) in [5.74, 6) is 0.927. The first-order chi connectivity index (χ1) is 7.70. The molecule has 0 spiro atoms. The van der Waals surface area contributed by atoms with Crippen molar-refractivity contribution in [2.24, 2.45) is 0 Å². The third-order valence-electron chi connectivity index (χ3n) is 2.78. The summed E-state index contributed by atoms with van der Waals surface area (Å²) in [6, 6.07) is 7.24. The molecular weight excluding hydrogens is 224 g/mol. The molecule has 0 aliphatic heterocycles. The lowest BCUT2D eigenvalue weighted by Crippen LogP contribution is -2.11. The van der Waals surface area contributed by atoms with E-state index >= 15 is 0 Å². The molecule has 86 valence electrons. The van der Waals surface area contributed by atoms with Crippen LogP contribution >= 0.6 is 0 Å². The lowest BCUT2D eigenvalue weighted by Gasteiger charge is -2.09. The number of rotatable bonds is 3. The summed E-state index contributed by atoms with van der Waals surface area (Å²) in [5.41, 5.74) is 0. The van der Waals surface area contributed by atoms with Crippen LogP contribution < -0.4 is 4.74 Å². The normalized spacial score (nSPS) is 22.1. The van der Waals surface area contributed by atoms with Crippen LogP contribution in [0.5, 0.6) is 5.75 Å². The van der Waals surface area contributed by atoms with Crippen molar-refractivity contribution >= 4 is 16.6 Å². The molecule has 0 radical (unpaired) electrons. The van der Waals surface area contributed by atoms with Crippen LogP contribution in [0.4, 0.5) is 0 Å².